The van der Waals surface area contributed by atoms with Crippen molar-refractivity contribution in [3.63, 3.8) is 0 Å². The number of pyridine rings is 1. The van der Waals surface area contributed by atoms with Crippen LogP contribution < -0.4 is 5.32 Å². The average Bonchev–Trinajstić information content (AvgIpc) is 3.04. The zero-order chi connectivity index (χ0) is 13.2. The Morgan fingerprint density at radius 2 is 2.32 bits per heavy atom. The highest BCUT2D eigenvalue weighted by Gasteiger charge is 2.14. The number of nitrogens with one attached hydrogen (secondary N) is 2. The highest BCUT2D eigenvalue weighted by atomic mass is 16.1. The molecule has 19 heavy (non-hydrogen) atoms. The number of hydrogen-bond donors (Lipinski definition) is 2. The summed E-state index contributed by atoms with van der Waals surface area (Å²) in [7, 11) is 0. The Labute approximate surface area is 109 Å². The number of rotatable bonds is 3. The fourth-order valence-electron chi connectivity index (χ4n) is 1.98. The molecule has 0 atom stereocenters. The van der Waals surface area contributed by atoms with Crippen molar-refractivity contribution in [1.29, 1.82) is 0 Å². The molecule has 0 spiro atoms. The van der Waals surface area contributed by atoms with Gasteiger partial charge in [0.15, 0.2) is 0 Å². The van der Waals surface area contributed by atoms with Crippen LogP contribution in [-0.4, -0.2) is 25.7 Å². The first-order valence-electron chi connectivity index (χ1n) is 6.05. The molecule has 0 aromatic carbocycles. The molecule has 6 nitrogen and oxygen atoms in total. The molecule has 0 fully saturated rings. The van der Waals surface area contributed by atoms with Gasteiger partial charge in [-0.1, -0.05) is 13.0 Å². The van der Waals surface area contributed by atoms with Crippen molar-refractivity contribution in [3.05, 3.63) is 47.9 Å². The topological polar surface area (TPSA) is 75.1 Å². The zero-order valence-electron chi connectivity index (χ0n) is 10.4. The van der Waals surface area contributed by atoms with Gasteiger partial charge in [-0.25, -0.2) is 4.52 Å². The van der Waals surface area contributed by atoms with Crippen LogP contribution in [0.1, 0.15) is 22.8 Å². The summed E-state index contributed by atoms with van der Waals surface area (Å²) in [6, 6.07) is 5.60. The second kappa shape index (κ2) is 4.56. The molecule has 0 aliphatic heterocycles. The monoisotopic (exact) mass is 255 g/mol. The van der Waals surface area contributed by atoms with E-state index in [9.17, 15) is 4.79 Å². The van der Waals surface area contributed by atoms with Gasteiger partial charge >= 0.3 is 0 Å². The second-order valence-corrected chi connectivity index (χ2v) is 4.17. The third-order valence-corrected chi connectivity index (χ3v) is 3.01. The zero-order valence-corrected chi connectivity index (χ0v) is 10.4. The number of nitrogens with zero attached hydrogens (tertiary/aromatic N) is 3. The van der Waals surface area contributed by atoms with Crippen molar-refractivity contribution in [1.82, 2.24) is 19.8 Å². The smallest absolute Gasteiger partial charge is 0.260 e. The number of aromatic nitrogens is 4. The standard InChI is InChI=1S/C13H13N5O/c1-2-9-7-14-17-12(9)16-13(19)10-8-15-18-6-4-3-5-11(10)18/h3-8H,2H2,1H3,(H2,14,16,17,19). The van der Waals surface area contributed by atoms with Crippen LogP contribution in [0.4, 0.5) is 5.82 Å². The van der Waals surface area contributed by atoms with Crippen LogP contribution in [0.2, 0.25) is 0 Å². The molecule has 0 saturated heterocycles. The normalized spacial score (nSPS) is 10.8. The Bertz CT molecular complexity index is 727. The van der Waals surface area contributed by atoms with Crippen LogP contribution >= 0.6 is 0 Å². The van der Waals surface area contributed by atoms with Gasteiger partial charge in [-0.05, 0) is 18.6 Å². The Kier molecular flexibility index (Phi) is 2.75. The van der Waals surface area contributed by atoms with E-state index in [2.05, 4.69) is 20.6 Å². The van der Waals surface area contributed by atoms with E-state index in [1.54, 1.807) is 23.1 Å². The van der Waals surface area contributed by atoms with Gasteiger partial charge in [-0.3, -0.25) is 9.89 Å². The summed E-state index contributed by atoms with van der Waals surface area (Å²) in [5, 5.41) is 13.7. The lowest BCUT2D eigenvalue weighted by molar-refractivity contribution is 0.102. The molecule has 6 heteroatoms. The first kappa shape index (κ1) is 11.5. The SMILES string of the molecule is CCc1cn[nH]c1NC(=O)c1cnn2ccccc12. The van der Waals surface area contributed by atoms with E-state index in [4.69, 9.17) is 0 Å². The average molecular weight is 255 g/mol. The Morgan fingerprint density at radius 1 is 1.42 bits per heavy atom. The van der Waals surface area contributed by atoms with E-state index in [1.165, 1.54) is 0 Å². The molecule has 3 aromatic rings. The maximum Gasteiger partial charge on any atom is 0.260 e. The number of amides is 1. The van der Waals surface area contributed by atoms with Gasteiger partial charge in [0.2, 0.25) is 0 Å². The Balaban J connectivity index is 1.92. The number of anilines is 1. The summed E-state index contributed by atoms with van der Waals surface area (Å²) in [6.07, 6.45) is 5.89. The molecule has 96 valence electrons. The highest BCUT2D eigenvalue weighted by molar-refractivity contribution is 6.08. The van der Waals surface area contributed by atoms with Crippen molar-refractivity contribution in [2.75, 3.05) is 5.32 Å². The van der Waals surface area contributed by atoms with Crippen LogP contribution in [0.25, 0.3) is 5.52 Å². The minimum Gasteiger partial charge on any atom is -0.307 e. The lowest BCUT2D eigenvalue weighted by Gasteiger charge is -2.03. The molecular weight excluding hydrogens is 242 g/mol. The number of H-pyrrole nitrogens is 1. The summed E-state index contributed by atoms with van der Waals surface area (Å²) in [6.45, 7) is 2.01. The largest absolute Gasteiger partial charge is 0.307 e. The van der Waals surface area contributed by atoms with Gasteiger partial charge in [-0.2, -0.15) is 10.2 Å². The molecule has 0 unspecified atom stereocenters. The molecule has 1 amide bonds. The van der Waals surface area contributed by atoms with Crippen molar-refractivity contribution >= 4 is 17.2 Å². The van der Waals surface area contributed by atoms with Gasteiger partial charge < -0.3 is 5.32 Å². The van der Waals surface area contributed by atoms with E-state index >= 15 is 0 Å². The van der Waals surface area contributed by atoms with Crippen molar-refractivity contribution < 1.29 is 4.79 Å². The molecule has 3 rings (SSSR count). The van der Waals surface area contributed by atoms with Gasteiger partial charge in [0.25, 0.3) is 5.91 Å². The predicted octanol–water partition coefficient (Wildman–Crippen LogP) is 1.87. The highest BCUT2D eigenvalue weighted by Crippen LogP contribution is 2.15. The van der Waals surface area contributed by atoms with E-state index in [1.807, 2.05) is 25.1 Å². The third kappa shape index (κ3) is 1.97. The third-order valence-electron chi connectivity index (χ3n) is 3.01. The van der Waals surface area contributed by atoms with Crippen molar-refractivity contribution in [3.8, 4) is 0 Å². The number of carbonyl (C=O) groups excluding carboxylic acids is 1. The summed E-state index contributed by atoms with van der Waals surface area (Å²) in [4.78, 5) is 12.2. The van der Waals surface area contributed by atoms with Crippen LogP contribution in [0, 0.1) is 0 Å². The maximum atomic E-state index is 12.2. The first-order chi connectivity index (χ1) is 9.29. The van der Waals surface area contributed by atoms with Crippen molar-refractivity contribution in [2.24, 2.45) is 0 Å². The minimum absolute atomic E-state index is 0.194. The maximum absolute atomic E-state index is 12.2. The van der Waals surface area contributed by atoms with Crippen LogP contribution in [0.15, 0.2) is 36.8 Å². The summed E-state index contributed by atoms with van der Waals surface area (Å²) >= 11 is 0. The molecule has 0 radical (unpaired) electrons. The minimum atomic E-state index is -0.194. The first-order valence-corrected chi connectivity index (χ1v) is 6.05. The molecule has 0 aliphatic rings. The number of fused-ring (bicyclic) bond motifs is 1. The number of carbonyl (C=O) groups is 1. The van der Waals surface area contributed by atoms with E-state index < -0.39 is 0 Å². The predicted molar refractivity (Wildman–Crippen MR) is 71.1 cm³/mol. The molecule has 0 bridgehead atoms. The van der Waals surface area contributed by atoms with E-state index in [-0.39, 0.29) is 5.91 Å². The Hall–Kier alpha value is -2.63. The number of hydrogen-bond acceptors (Lipinski definition) is 3. The molecule has 3 aromatic heterocycles. The lowest BCUT2D eigenvalue weighted by Crippen LogP contribution is -2.13. The summed E-state index contributed by atoms with van der Waals surface area (Å²) < 4.78 is 1.67. The van der Waals surface area contributed by atoms with Crippen LogP contribution in [-0.2, 0) is 6.42 Å². The molecule has 0 aliphatic carbocycles. The van der Waals surface area contributed by atoms with E-state index in [0.29, 0.717) is 11.4 Å². The summed E-state index contributed by atoms with van der Waals surface area (Å²) in [5.74, 6) is 0.447. The fourth-order valence-corrected chi connectivity index (χ4v) is 1.98. The van der Waals surface area contributed by atoms with Gasteiger partial charge in [-0.15, -0.1) is 0 Å². The van der Waals surface area contributed by atoms with Gasteiger partial charge in [0, 0.05) is 11.8 Å². The van der Waals surface area contributed by atoms with Gasteiger partial charge in [0.05, 0.1) is 23.5 Å². The number of aryl methyl sites for hydroxylation is 1. The number of aromatic amines is 1. The van der Waals surface area contributed by atoms with Crippen molar-refractivity contribution in [2.45, 2.75) is 13.3 Å². The van der Waals surface area contributed by atoms with E-state index in [0.717, 1.165) is 17.5 Å². The van der Waals surface area contributed by atoms with Crippen LogP contribution in [0.5, 0.6) is 0 Å². The van der Waals surface area contributed by atoms with Crippen LogP contribution in [0.3, 0.4) is 0 Å². The fraction of sp³-hybridized carbons (Fsp3) is 0.154. The Morgan fingerprint density at radius 3 is 3.16 bits per heavy atom. The quantitative estimate of drug-likeness (QED) is 0.750. The molecule has 3 heterocycles. The molecule has 0 saturated carbocycles. The van der Waals surface area contributed by atoms with Gasteiger partial charge in [0.1, 0.15) is 5.82 Å². The molecule has 2 N–H and O–H groups in total. The summed E-state index contributed by atoms with van der Waals surface area (Å²) in [5.41, 5.74) is 2.29. The lowest BCUT2D eigenvalue weighted by atomic mass is 10.2. The molecular formula is C13H13N5O. The second-order valence-electron chi connectivity index (χ2n) is 4.17.